The Labute approximate surface area is 121 Å². The van der Waals surface area contributed by atoms with Crippen LogP contribution in [-0.2, 0) is 0 Å². The fraction of sp³-hybridized carbons (Fsp3) is 0.333. The maximum absolute atomic E-state index is 6.20. The lowest BCUT2D eigenvalue weighted by Gasteiger charge is -2.21. The van der Waals surface area contributed by atoms with Gasteiger partial charge in [0, 0.05) is 11.6 Å². The fourth-order valence-corrected chi connectivity index (χ4v) is 2.24. The van der Waals surface area contributed by atoms with Crippen LogP contribution < -0.4 is 10.1 Å². The second-order valence-electron chi connectivity index (χ2n) is 5.22. The van der Waals surface area contributed by atoms with E-state index >= 15 is 0 Å². The molecular formula is C18H23NO. The Morgan fingerprint density at radius 3 is 2.35 bits per heavy atom. The molecule has 0 aliphatic heterocycles. The van der Waals surface area contributed by atoms with Crippen LogP contribution in [0, 0.1) is 6.92 Å². The van der Waals surface area contributed by atoms with Crippen LogP contribution in [0.2, 0.25) is 0 Å². The number of hydrogen-bond donors (Lipinski definition) is 1. The lowest BCUT2D eigenvalue weighted by atomic mass is 10.0. The highest BCUT2D eigenvalue weighted by Gasteiger charge is 2.14. The van der Waals surface area contributed by atoms with Crippen LogP contribution in [0.15, 0.2) is 48.5 Å². The summed E-state index contributed by atoms with van der Waals surface area (Å²) >= 11 is 0. The lowest BCUT2D eigenvalue weighted by Crippen LogP contribution is -2.14. The summed E-state index contributed by atoms with van der Waals surface area (Å²) in [7, 11) is 1.97. The van der Waals surface area contributed by atoms with Crippen molar-refractivity contribution in [1.82, 2.24) is 5.32 Å². The first-order valence-electron chi connectivity index (χ1n) is 7.11. The quantitative estimate of drug-likeness (QED) is 0.867. The molecule has 2 aromatic carbocycles. The SMILES string of the molecule is CNC(C)c1ccc(C)cc1OC(C)c1ccccc1. The van der Waals surface area contributed by atoms with Crippen molar-refractivity contribution >= 4 is 0 Å². The minimum atomic E-state index is 0.0424. The molecule has 0 amide bonds. The van der Waals surface area contributed by atoms with E-state index in [4.69, 9.17) is 4.74 Å². The van der Waals surface area contributed by atoms with Crippen LogP contribution in [0.25, 0.3) is 0 Å². The van der Waals surface area contributed by atoms with Gasteiger partial charge in [-0.25, -0.2) is 0 Å². The van der Waals surface area contributed by atoms with Crippen molar-refractivity contribution in [2.24, 2.45) is 0 Å². The number of ether oxygens (including phenoxy) is 1. The van der Waals surface area contributed by atoms with Crippen molar-refractivity contribution in [2.75, 3.05) is 7.05 Å². The molecule has 0 spiro atoms. The predicted octanol–water partition coefficient (Wildman–Crippen LogP) is 4.42. The zero-order chi connectivity index (χ0) is 14.5. The molecule has 2 atom stereocenters. The van der Waals surface area contributed by atoms with Gasteiger partial charge in [0.1, 0.15) is 11.9 Å². The van der Waals surface area contributed by atoms with E-state index < -0.39 is 0 Å². The highest BCUT2D eigenvalue weighted by atomic mass is 16.5. The van der Waals surface area contributed by atoms with Crippen molar-refractivity contribution in [1.29, 1.82) is 0 Å². The Morgan fingerprint density at radius 1 is 1.00 bits per heavy atom. The second kappa shape index (κ2) is 6.58. The van der Waals surface area contributed by atoms with Crippen molar-refractivity contribution in [3.63, 3.8) is 0 Å². The Hall–Kier alpha value is -1.80. The molecule has 0 aromatic heterocycles. The van der Waals surface area contributed by atoms with Crippen molar-refractivity contribution in [2.45, 2.75) is 32.9 Å². The number of hydrogen-bond acceptors (Lipinski definition) is 2. The number of aryl methyl sites for hydroxylation is 1. The molecule has 106 valence electrons. The summed E-state index contributed by atoms with van der Waals surface area (Å²) in [4.78, 5) is 0. The van der Waals surface area contributed by atoms with E-state index in [0.717, 1.165) is 5.75 Å². The van der Waals surface area contributed by atoms with Gasteiger partial charge in [-0.15, -0.1) is 0 Å². The maximum atomic E-state index is 6.20. The molecular weight excluding hydrogens is 246 g/mol. The molecule has 0 bridgehead atoms. The Morgan fingerprint density at radius 2 is 1.70 bits per heavy atom. The van der Waals surface area contributed by atoms with Gasteiger partial charge in [-0.2, -0.15) is 0 Å². The monoisotopic (exact) mass is 269 g/mol. The van der Waals surface area contributed by atoms with Crippen molar-refractivity contribution in [3.8, 4) is 5.75 Å². The van der Waals surface area contributed by atoms with E-state index in [0.29, 0.717) is 0 Å². The molecule has 2 aromatic rings. The van der Waals surface area contributed by atoms with E-state index in [1.54, 1.807) is 0 Å². The smallest absolute Gasteiger partial charge is 0.125 e. The van der Waals surface area contributed by atoms with Gasteiger partial charge in [0.15, 0.2) is 0 Å². The molecule has 2 heteroatoms. The third-order valence-corrected chi connectivity index (χ3v) is 3.64. The number of benzene rings is 2. The van der Waals surface area contributed by atoms with E-state index in [-0.39, 0.29) is 12.1 Å². The molecule has 0 saturated carbocycles. The van der Waals surface area contributed by atoms with Gasteiger partial charge in [0.2, 0.25) is 0 Å². The molecule has 1 N–H and O–H groups in total. The zero-order valence-electron chi connectivity index (χ0n) is 12.7. The molecule has 0 aliphatic rings. The van der Waals surface area contributed by atoms with E-state index in [2.05, 4.69) is 56.4 Å². The Kier molecular flexibility index (Phi) is 4.80. The minimum Gasteiger partial charge on any atom is -0.486 e. The van der Waals surface area contributed by atoms with Gasteiger partial charge >= 0.3 is 0 Å². The average molecular weight is 269 g/mol. The zero-order valence-corrected chi connectivity index (χ0v) is 12.7. The third-order valence-electron chi connectivity index (χ3n) is 3.64. The maximum Gasteiger partial charge on any atom is 0.125 e. The second-order valence-corrected chi connectivity index (χ2v) is 5.22. The summed E-state index contributed by atoms with van der Waals surface area (Å²) < 4.78 is 6.20. The van der Waals surface area contributed by atoms with E-state index in [1.165, 1.54) is 16.7 Å². The highest BCUT2D eigenvalue weighted by molar-refractivity contribution is 5.39. The fourth-order valence-electron chi connectivity index (χ4n) is 2.24. The summed E-state index contributed by atoms with van der Waals surface area (Å²) in [6, 6.07) is 17.0. The molecule has 0 saturated heterocycles. The molecule has 0 radical (unpaired) electrons. The first-order chi connectivity index (χ1) is 9.61. The van der Waals surface area contributed by atoms with Gasteiger partial charge in [-0.3, -0.25) is 0 Å². The van der Waals surface area contributed by atoms with E-state index in [1.807, 2.05) is 25.2 Å². The predicted molar refractivity (Wildman–Crippen MR) is 84.1 cm³/mol. The average Bonchev–Trinajstić information content (AvgIpc) is 2.47. The molecule has 2 unspecified atom stereocenters. The largest absolute Gasteiger partial charge is 0.486 e. The first kappa shape index (κ1) is 14.6. The summed E-state index contributed by atoms with van der Waals surface area (Å²) in [5.41, 5.74) is 3.60. The molecule has 0 aliphatic carbocycles. The summed E-state index contributed by atoms with van der Waals surface area (Å²) in [5, 5.41) is 3.27. The third kappa shape index (κ3) is 3.40. The molecule has 0 heterocycles. The number of nitrogens with one attached hydrogen (secondary N) is 1. The summed E-state index contributed by atoms with van der Waals surface area (Å²) in [6.45, 7) is 6.32. The van der Waals surface area contributed by atoms with Crippen molar-refractivity contribution in [3.05, 3.63) is 65.2 Å². The first-order valence-corrected chi connectivity index (χ1v) is 7.11. The van der Waals surface area contributed by atoms with Gasteiger partial charge in [-0.1, -0.05) is 42.5 Å². The Balaban J connectivity index is 2.26. The van der Waals surface area contributed by atoms with Crippen LogP contribution in [0.5, 0.6) is 5.75 Å². The minimum absolute atomic E-state index is 0.0424. The molecule has 20 heavy (non-hydrogen) atoms. The summed E-state index contributed by atoms with van der Waals surface area (Å²) in [5.74, 6) is 0.961. The van der Waals surface area contributed by atoms with Crippen molar-refractivity contribution < 1.29 is 4.74 Å². The van der Waals surface area contributed by atoms with Gasteiger partial charge in [0.05, 0.1) is 0 Å². The van der Waals surface area contributed by atoms with Crippen LogP contribution in [-0.4, -0.2) is 7.05 Å². The van der Waals surface area contributed by atoms with Crippen LogP contribution in [0.1, 0.15) is 42.7 Å². The Bertz CT molecular complexity index is 551. The standard InChI is InChI=1S/C18H23NO/c1-13-10-11-17(14(2)19-4)18(12-13)20-15(3)16-8-6-5-7-9-16/h5-12,14-15,19H,1-4H3. The van der Waals surface area contributed by atoms with E-state index in [9.17, 15) is 0 Å². The molecule has 2 nitrogen and oxygen atoms in total. The number of rotatable bonds is 5. The molecule has 2 rings (SSSR count). The lowest BCUT2D eigenvalue weighted by molar-refractivity contribution is 0.223. The van der Waals surface area contributed by atoms with Gasteiger partial charge < -0.3 is 10.1 Å². The van der Waals surface area contributed by atoms with Crippen LogP contribution >= 0.6 is 0 Å². The van der Waals surface area contributed by atoms with Crippen LogP contribution in [0.3, 0.4) is 0 Å². The van der Waals surface area contributed by atoms with Gasteiger partial charge in [0.25, 0.3) is 0 Å². The normalized spacial score (nSPS) is 13.8. The van der Waals surface area contributed by atoms with Gasteiger partial charge in [-0.05, 0) is 45.0 Å². The highest BCUT2D eigenvalue weighted by Crippen LogP contribution is 2.30. The van der Waals surface area contributed by atoms with Crippen LogP contribution in [0.4, 0.5) is 0 Å². The summed E-state index contributed by atoms with van der Waals surface area (Å²) in [6.07, 6.45) is 0.0424. The molecule has 0 fully saturated rings. The topological polar surface area (TPSA) is 21.3 Å².